The Labute approximate surface area is 149 Å². The molecule has 1 aromatic rings. The largest absolute Gasteiger partial charge is 0.444 e. The smallest absolute Gasteiger partial charge is 0.408 e. The predicted molar refractivity (Wildman–Crippen MR) is 94.8 cm³/mol. The third-order valence-electron chi connectivity index (χ3n) is 4.05. The Kier molecular flexibility index (Phi) is 6.06. The Morgan fingerprint density at radius 3 is 2.32 bits per heavy atom. The summed E-state index contributed by atoms with van der Waals surface area (Å²) in [5.41, 5.74) is 0.0552. The van der Waals surface area contributed by atoms with Crippen molar-refractivity contribution in [2.24, 2.45) is 0 Å². The Morgan fingerprint density at radius 1 is 1.16 bits per heavy atom. The van der Waals surface area contributed by atoms with Crippen molar-refractivity contribution in [2.75, 3.05) is 13.1 Å². The van der Waals surface area contributed by atoms with Crippen LogP contribution in [0.4, 0.5) is 4.79 Å². The van der Waals surface area contributed by atoms with Gasteiger partial charge in [-0.25, -0.2) is 9.59 Å². The number of ether oxygens (including phenoxy) is 1. The zero-order valence-electron chi connectivity index (χ0n) is 15.5. The van der Waals surface area contributed by atoms with E-state index in [2.05, 4.69) is 5.32 Å². The van der Waals surface area contributed by atoms with Crippen molar-refractivity contribution in [2.45, 2.75) is 58.1 Å². The minimum absolute atomic E-state index is 0.255. The molecule has 2 rings (SSSR count). The van der Waals surface area contributed by atoms with E-state index < -0.39 is 11.7 Å². The number of carbonyl (C=O) groups excluding carboxylic acids is 2. The van der Waals surface area contributed by atoms with Crippen LogP contribution >= 0.6 is 0 Å². The van der Waals surface area contributed by atoms with Gasteiger partial charge in [0.05, 0.1) is 6.42 Å². The SMILES string of the molecule is CC1(NC(=O)OC(C)(C)C)CCN(OC(=O)Cc2ccccc2)CC1. The van der Waals surface area contributed by atoms with Crippen LogP contribution in [-0.4, -0.2) is 41.4 Å². The van der Waals surface area contributed by atoms with E-state index in [1.807, 2.05) is 58.0 Å². The molecule has 25 heavy (non-hydrogen) atoms. The van der Waals surface area contributed by atoms with Gasteiger partial charge in [0.2, 0.25) is 0 Å². The molecule has 0 spiro atoms. The normalized spacial score (nSPS) is 17.6. The van der Waals surface area contributed by atoms with Crippen LogP contribution in [0.5, 0.6) is 0 Å². The lowest BCUT2D eigenvalue weighted by Crippen LogP contribution is -2.54. The van der Waals surface area contributed by atoms with E-state index in [0.717, 1.165) is 5.56 Å². The Morgan fingerprint density at radius 2 is 1.76 bits per heavy atom. The van der Waals surface area contributed by atoms with Gasteiger partial charge in [0.25, 0.3) is 0 Å². The van der Waals surface area contributed by atoms with Gasteiger partial charge in [-0.2, -0.15) is 0 Å². The molecular weight excluding hydrogens is 320 g/mol. The monoisotopic (exact) mass is 348 g/mol. The molecular formula is C19H28N2O4. The average Bonchev–Trinajstić information content (AvgIpc) is 2.48. The summed E-state index contributed by atoms with van der Waals surface area (Å²) in [5, 5.41) is 4.61. The van der Waals surface area contributed by atoms with Gasteiger partial charge in [0, 0.05) is 18.6 Å². The molecule has 0 bridgehead atoms. The summed E-state index contributed by atoms with van der Waals surface area (Å²) in [6.07, 6.45) is 1.21. The van der Waals surface area contributed by atoms with Gasteiger partial charge in [0.15, 0.2) is 0 Å². The highest BCUT2D eigenvalue weighted by atomic mass is 16.7. The molecule has 138 valence electrons. The Bertz CT molecular complexity index is 587. The second-order valence-corrected chi connectivity index (χ2v) is 7.74. The molecule has 0 aliphatic carbocycles. The topological polar surface area (TPSA) is 67.9 Å². The minimum Gasteiger partial charge on any atom is -0.444 e. The molecule has 0 aromatic heterocycles. The number of hydrogen-bond donors (Lipinski definition) is 1. The summed E-state index contributed by atoms with van der Waals surface area (Å²) in [6.45, 7) is 8.65. The number of alkyl carbamates (subject to hydrolysis) is 1. The lowest BCUT2D eigenvalue weighted by Gasteiger charge is -2.39. The number of nitrogens with zero attached hydrogens (tertiary/aromatic N) is 1. The van der Waals surface area contributed by atoms with E-state index >= 15 is 0 Å². The van der Waals surface area contributed by atoms with Crippen LogP contribution in [0.1, 0.15) is 46.1 Å². The number of rotatable bonds is 4. The van der Waals surface area contributed by atoms with E-state index in [4.69, 9.17) is 9.57 Å². The third kappa shape index (κ3) is 6.74. The van der Waals surface area contributed by atoms with Crippen molar-refractivity contribution in [3.05, 3.63) is 35.9 Å². The summed E-state index contributed by atoms with van der Waals surface area (Å²) in [6, 6.07) is 9.52. The summed E-state index contributed by atoms with van der Waals surface area (Å²) < 4.78 is 5.31. The van der Waals surface area contributed by atoms with Crippen LogP contribution in [0.2, 0.25) is 0 Å². The fourth-order valence-electron chi connectivity index (χ4n) is 2.68. The molecule has 1 N–H and O–H groups in total. The summed E-state index contributed by atoms with van der Waals surface area (Å²) in [5.74, 6) is -0.269. The molecule has 1 aliphatic rings. The predicted octanol–water partition coefficient (Wildman–Crippen LogP) is 3.07. The van der Waals surface area contributed by atoms with Crippen LogP contribution in [-0.2, 0) is 20.8 Å². The molecule has 1 heterocycles. The van der Waals surface area contributed by atoms with E-state index in [-0.39, 0.29) is 17.9 Å². The lowest BCUT2D eigenvalue weighted by atomic mass is 9.91. The number of benzene rings is 1. The number of hydrogen-bond acceptors (Lipinski definition) is 5. The van der Waals surface area contributed by atoms with E-state index in [0.29, 0.717) is 25.9 Å². The maximum absolute atomic E-state index is 12.0. The quantitative estimate of drug-likeness (QED) is 0.906. The van der Waals surface area contributed by atoms with Crippen molar-refractivity contribution in [1.82, 2.24) is 10.4 Å². The molecule has 0 unspecified atom stereocenters. The van der Waals surface area contributed by atoms with Crippen LogP contribution in [0.15, 0.2) is 30.3 Å². The second-order valence-electron chi connectivity index (χ2n) is 7.74. The first-order chi connectivity index (χ1) is 11.7. The maximum Gasteiger partial charge on any atom is 0.408 e. The first-order valence-corrected chi connectivity index (χ1v) is 8.66. The van der Waals surface area contributed by atoms with Crippen LogP contribution in [0.3, 0.4) is 0 Å². The molecule has 0 radical (unpaired) electrons. The highest BCUT2D eigenvalue weighted by Crippen LogP contribution is 2.23. The zero-order valence-corrected chi connectivity index (χ0v) is 15.5. The lowest BCUT2D eigenvalue weighted by molar-refractivity contribution is -0.196. The van der Waals surface area contributed by atoms with Crippen molar-refractivity contribution in [3.63, 3.8) is 0 Å². The summed E-state index contributed by atoms with van der Waals surface area (Å²) in [7, 11) is 0. The second kappa shape index (κ2) is 7.87. The van der Waals surface area contributed by atoms with E-state index in [1.54, 1.807) is 5.06 Å². The summed E-state index contributed by atoms with van der Waals surface area (Å²) in [4.78, 5) is 29.4. The molecule has 1 aromatic carbocycles. The van der Waals surface area contributed by atoms with Gasteiger partial charge in [-0.3, -0.25) is 0 Å². The van der Waals surface area contributed by atoms with Gasteiger partial charge in [0.1, 0.15) is 5.60 Å². The average molecular weight is 348 g/mol. The zero-order chi connectivity index (χ0) is 18.5. The molecule has 1 amide bonds. The van der Waals surface area contributed by atoms with Crippen LogP contribution in [0.25, 0.3) is 0 Å². The van der Waals surface area contributed by atoms with E-state index in [1.165, 1.54) is 0 Å². The minimum atomic E-state index is -0.520. The molecule has 0 saturated carbocycles. The van der Waals surface area contributed by atoms with Crippen LogP contribution in [0, 0.1) is 0 Å². The summed E-state index contributed by atoms with van der Waals surface area (Å²) >= 11 is 0. The van der Waals surface area contributed by atoms with Crippen LogP contribution < -0.4 is 5.32 Å². The standard InChI is InChI=1S/C19H28N2O4/c1-18(2,3)24-17(23)20-19(4)10-12-21(13-11-19)25-16(22)14-15-8-6-5-7-9-15/h5-9H,10-14H2,1-4H3,(H,20,23). The molecule has 6 heteroatoms. The number of carbonyl (C=O) groups is 2. The van der Waals surface area contributed by atoms with Crippen molar-refractivity contribution in [1.29, 1.82) is 0 Å². The fourth-order valence-corrected chi connectivity index (χ4v) is 2.68. The number of piperidine rings is 1. The highest BCUT2D eigenvalue weighted by molar-refractivity contribution is 5.72. The van der Waals surface area contributed by atoms with Gasteiger partial charge in [-0.05, 0) is 46.1 Å². The van der Waals surface area contributed by atoms with Gasteiger partial charge >= 0.3 is 12.1 Å². The van der Waals surface area contributed by atoms with Crippen molar-refractivity contribution in [3.8, 4) is 0 Å². The molecule has 0 atom stereocenters. The third-order valence-corrected chi connectivity index (χ3v) is 4.05. The van der Waals surface area contributed by atoms with Gasteiger partial charge in [-0.15, -0.1) is 5.06 Å². The van der Waals surface area contributed by atoms with E-state index in [9.17, 15) is 9.59 Å². The van der Waals surface area contributed by atoms with Crippen molar-refractivity contribution < 1.29 is 19.2 Å². The number of nitrogens with one attached hydrogen (secondary N) is 1. The Balaban J connectivity index is 1.77. The number of hydroxylamine groups is 2. The van der Waals surface area contributed by atoms with Gasteiger partial charge in [-0.1, -0.05) is 30.3 Å². The molecule has 6 nitrogen and oxygen atoms in total. The van der Waals surface area contributed by atoms with Gasteiger partial charge < -0.3 is 14.9 Å². The number of amides is 1. The molecule has 1 fully saturated rings. The fraction of sp³-hybridized carbons (Fsp3) is 0.579. The van der Waals surface area contributed by atoms with Crippen molar-refractivity contribution >= 4 is 12.1 Å². The Hall–Kier alpha value is -2.08. The maximum atomic E-state index is 12.0. The molecule has 1 aliphatic heterocycles. The highest BCUT2D eigenvalue weighted by Gasteiger charge is 2.34. The molecule has 1 saturated heterocycles. The first kappa shape index (κ1) is 19.2. The first-order valence-electron chi connectivity index (χ1n) is 8.66.